The van der Waals surface area contributed by atoms with E-state index < -0.39 is 0 Å². The van der Waals surface area contributed by atoms with Crippen molar-refractivity contribution in [3.8, 4) is 0 Å². The number of amides is 2. The lowest BCUT2D eigenvalue weighted by Gasteiger charge is -2.58. The fourth-order valence-corrected chi connectivity index (χ4v) is 4.71. The Morgan fingerprint density at radius 1 is 1.17 bits per heavy atom. The minimum absolute atomic E-state index is 0.0689. The molecule has 0 aromatic carbocycles. The molecule has 2 aliphatic heterocycles. The molecule has 130 valence electrons. The van der Waals surface area contributed by atoms with Gasteiger partial charge < -0.3 is 15.1 Å². The van der Waals surface area contributed by atoms with Crippen molar-refractivity contribution in [1.29, 1.82) is 0 Å². The molecule has 2 saturated heterocycles. The second-order valence-electron chi connectivity index (χ2n) is 7.77. The molecule has 1 atom stereocenters. The molecule has 1 aliphatic carbocycles. The van der Waals surface area contributed by atoms with Crippen LogP contribution in [0, 0.1) is 5.41 Å². The maximum atomic E-state index is 12.8. The number of hydrogen-bond donors (Lipinski definition) is 1. The van der Waals surface area contributed by atoms with Gasteiger partial charge in [0.2, 0.25) is 11.8 Å². The van der Waals surface area contributed by atoms with Crippen molar-refractivity contribution in [2.75, 3.05) is 26.2 Å². The van der Waals surface area contributed by atoms with Gasteiger partial charge in [-0.2, -0.15) is 0 Å². The van der Waals surface area contributed by atoms with Crippen molar-refractivity contribution < 1.29 is 9.59 Å². The summed E-state index contributed by atoms with van der Waals surface area (Å²) in [7, 11) is 0. The first-order valence-corrected chi connectivity index (χ1v) is 9.39. The third kappa shape index (κ3) is 3.00. The number of nitrogens with one attached hydrogen (secondary N) is 1. The number of β-lactam (4-membered cyclic amide) rings is 1. The Balaban J connectivity index is 1.61. The summed E-state index contributed by atoms with van der Waals surface area (Å²) in [6.07, 6.45) is 7.67. The second-order valence-corrected chi connectivity index (χ2v) is 7.77. The van der Waals surface area contributed by atoms with Crippen LogP contribution in [0.3, 0.4) is 0 Å². The van der Waals surface area contributed by atoms with Gasteiger partial charge in [-0.15, -0.1) is 0 Å². The zero-order chi connectivity index (χ0) is 16.4. The summed E-state index contributed by atoms with van der Waals surface area (Å²) in [4.78, 5) is 29.7. The number of carbonyl (C=O) groups is 2. The minimum atomic E-state index is -0.389. The second kappa shape index (κ2) is 6.80. The minimum Gasteiger partial charge on any atom is -0.353 e. The number of likely N-dealkylation sites (tertiary alicyclic amines) is 2. The standard InChI is InChI=1S/C18H31N3O2/c1-14(2)21-15(18(17(21)23)8-4-3-5-9-18)16(22)19-10-13-20-11-6-7-12-20/h14-15H,3-13H2,1-2H3,(H,19,22). The van der Waals surface area contributed by atoms with Gasteiger partial charge >= 0.3 is 0 Å². The monoisotopic (exact) mass is 321 g/mol. The Labute approximate surface area is 139 Å². The molecule has 23 heavy (non-hydrogen) atoms. The molecule has 5 heteroatoms. The van der Waals surface area contributed by atoms with Crippen LogP contribution in [0.4, 0.5) is 0 Å². The molecular weight excluding hydrogens is 290 g/mol. The van der Waals surface area contributed by atoms with E-state index in [1.165, 1.54) is 19.3 Å². The van der Waals surface area contributed by atoms with E-state index in [9.17, 15) is 9.59 Å². The molecule has 1 N–H and O–H groups in total. The van der Waals surface area contributed by atoms with Crippen LogP contribution in [-0.4, -0.2) is 59.9 Å². The van der Waals surface area contributed by atoms with Gasteiger partial charge in [0.1, 0.15) is 6.04 Å². The predicted molar refractivity (Wildman–Crippen MR) is 90.0 cm³/mol. The first-order valence-electron chi connectivity index (χ1n) is 9.39. The molecule has 3 aliphatic rings. The molecule has 0 aromatic rings. The molecule has 0 aromatic heterocycles. The molecule has 2 heterocycles. The first kappa shape index (κ1) is 16.7. The fraction of sp³-hybridized carbons (Fsp3) is 0.889. The van der Waals surface area contributed by atoms with Crippen LogP contribution >= 0.6 is 0 Å². The Kier molecular flexibility index (Phi) is 4.95. The molecule has 1 spiro atoms. The van der Waals surface area contributed by atoms with Crippen LogP contribution < -0.4 is 5.32 Å². The fourth-order valence-electron chi connectivity index (χ4n) is 4.71. The van der Waals surface area contributed by atoms with E-state index in [-0.39, 0.29) is 29.3 Å². The topological polar surface area (TPSA) is 52.7 Å². The highest BCUT2D eigenvalue weighted by Gasteiger charge is 2.63. The van der Waals surface area contributed by atoms with Crippen LogP contribution in [0.15, 0.2) is 0 Å². The molecule has 2 amide bonds. The molecule has 0 radical (unpaired) electrons. The van der Waals surface area contributed by atoms with E-state index in [0.29, 0.717) is 6.54 Å². The third-order valence-corrected chi connectivity index (χ3v) is 5.94. The van der Waals surface area contributed by atoms with Gasteiger partial charge in [0.05, 0.1) is 5.41 Å². The predicted octanol–water partition coefficient (Wildman–Crippen LogP) is 1.77. The van der Waals surface area contributed by atoms with Gasteiger partial charge in [0, 0.05) is 19.1 Å². The van der Waals surface area contributed by atoms with Crippen LogP contribution in [0.5, 0.6) is 0 Å². The van der Waals surface area contributed by atoms with E-state index in [2.05, 4.69) is 10.2 Å². The number of hydrogen-bond acceptors (Lipinski definition) is 3. The highest BCUT2D eigenvalue weighted by molar-refractivity contribution is 6.02. The summed E-state index contributed by atoms with van der Waals surface area (Å²) in [5.41, 5.74) is -0.389. The normalized spacial score (nSPS) is 27.5. The first-order chi connectivity index (χ1) is 11.1. The molecule has 3 fully saturated rings. The zero-order valence-corrected chi connectivity index (χ0v) is 14.6. The molecule has 3 rings (SSSR count). The van der Waals surface area contributed by atoms with Crippen LogP contribution in [-0.2, 0) is 9.59 Å². The van der Waals surface area contributed by atoms with E-state index in [0.717, 1.165) is 45.3 Å². The molecule has 5 nitrogen and oxygen atoms in total. The maximum Gasteiger partial charge on any atom is 0.243 e. The summed E-state index contributed by atoms with van der Waals surface area (Å²) >= 11 is 0. The average molecular weight is 321 g/mol. The van der Waals surface area contributed by atoms with Crippen LogP contribution in [0.2, 0.25) is 0 Å². The van der Waals surface area contributed by atoms with Gasteiger partial charge in [-0.05, 0) is 52.6 Å². The smallest absolute Gasteiger partial charge is 0.243 e. The van der Waals surface area contributed by atoms with E-state index in [1.54, 1.807) is 0 Å². The van der Waals surface area contributed by atoms with Gasteiger partial charge in [0.25, 0.3) is 0 Å². The van der Waals surface area contributed by atoms with E-state index in [4.69, 9.17) is 0 Å². The van der Waals surface area contributed by atoms with Gasteiger partial charge in [-0.3, -0.25) is 9.59 Å². The van der Waals surface area contributed by atoms with Crippen LogP contribution in [0.25, 0.3) is 0 Å². The molecular formula is C18H31N3O2. The Morgan fingerprint density at radius 3 is 2.43 bits per heavy atom. The van der Waals surface area contributed by atoms with Crippen molar-refractivity contribution in [2.45, 2.75) is 70.9 Å². The van der Waals surface area contributed by atoms with Gasteiger partial charge in [0.15, 0.2) is 0 Å². The lowest BCUT2D eigenvalue weighted by molar-refractivity contribution is -0.185. The number of nitrogens with zero attached hydrogens (tertiary/aromatic N) is 2. The summed E-state index contributed by atoms with van der Waals surface area (Å²) in [5.74, 6) is 0.284. The molecule has 1 saturated carbocycles. The SMILES string of the molecule is CC(C)N1C(=O)C2(CCCCC2)C1C(=O)NCCN1CCCC1. The maximum absolute atomic E-state index is 12.8. The quantitative estimate of drug-likeness (QED) is 0.785. The highest BCUT2D eigenvalue weighted by atomic mass is 16.2. The number of rotatable bonds is 5. The van der Waals surface area contributed by atoms with E-state index in [1.807, 2.05) is 18.7 Å². The van der Waals surface area contributed by atoms with Crippen molar-refractivity contribution in [2.24, 2.45) is 5.41 Å². The molecule has 0 bridgehead atoms. The Hall–Kier alpha value is -1.10. The van der Waals surface area contributed by atoms with Gasteiger partial charge in [-0.1, -0.05) is 19.3 Å². The Bertz CT molecular complexity index is 451. The number of carbonyl (C=O) groups excluding carboxylic acids is 2. The zero-order valence-electron chi connectivity index (χ0n) is 14.6. The largest absolute Gasteiger partial charge is 0.353 e. The molecule has 1 unspecified atom stereocenters. The summed E-state index contributed by atoms with van der Waals surface area (Å²) < 4.78 is 0. The average Bonchev–Trinajstić information content (AvgIpc) is 3.05. The van der Waals surface area contributed by atoms with Crippen molar-refractivity contribution >= 4 is 11.8 Å². The lowest BCUT2D eigenvalue weighted by Crippen LogP contribution is -2.75. The van der Waals surface area contributed by atoms with Crippen molar-refractivity contribution in [1.82, 2.24) is 15.1 Å². The summed E-state index contributed by atoms with van der Waals surface area (Å²) in [6, 6.07) is -0.140. The Morgan fingerprint density at radius 2 is 1.83 bits per heavy atom. The van der Waals surface area contributed by atoms with E-state index >= 15 is 0 Å². The summed E-state index contributed by atoms with van der Waals surface area (Å²) in [5, 5.41) is 3.11. The highest BCUT2D eigenvalue weighted by Crippen LogP contribution is 2.50. The van der Waals surface area contributed by atoms with Gasteiger partial charge in [-0.25, -0.2) is 0 Å². The van der Waals surface area contributed by atoms with Crippen molar-refractivity contribution in [3.63, 3.8) is 0 Å². The van der Waals surface area contributed by atoms with Crippen LogP contribution in [0.1, 0.15) is 58.8 Å². The third-order valence-electron chi connectivity index (χ3n) is 5.94. The summed E-state index contributed by atoms with van der Waals surface area (Å²) in [6.45, 7) is 7.96. The lowest BCUT2D eigenvalue weighted by atomic mass is 9.61. The van der Waals surface area contributed by atoms with Crippen molar-refractivity contribution in [3.05, 3.63) is 0 Å².